The van der Waals surface area contributed by atoms with Crippen molar-refractivity contribution in [2.24, 2.45) is 0 Å². The number of anilines is 1. The number of hydrogen-bond acceptors (Lipinski definition) is 2. The predicted molar refractivity (Wildman–Crippen MR) is 80.0 cm³/mol. The highest BCUT2D eigenvalue weighted by atomic mass is 35.5. The molecule has 19 heavy (non-hydrogen) atoms. The number of benzene rings is 1. The molecule has 0 saturated heterocycles. The average Bonchev–Trinajstić information content (AvgIpc) is 2.43. The van der Waals surface area contributed by atoms with E-state index in [1.54, 1.807) is 18.9 Å². The van der Waals surface area contributed by atoms with Crippen LogP contribution in [0.25, 0.3) is 0 Å². The molecular formula is C15H22ClNO2. The van der Waals surface area contributed by atoms with Crippen molar-refractivity contribution in [2.75, 3.05) is 18.6 Å². The molecule has 0 saturated carbocycles. The summed E-state index contributed by atoms with van der Waals surface area (Å²) < 4.78 is 5.27. The summed E-state index contributed by atoms with van der Waals surface area (Å²) in [6.45, 7) is 6.21. The van der Waals surface area contributed by atoms with E-state index in [-0.39, 0.29) is 12.0 Å². The monoisotopic (exact) mass is 283 g/mol. The Morgan fingerprint density at radius 2 is 2.00 bits per heavy atom. The van der Waals surface area contributed by atoms with E-state index >= 15 is 0 Å². The summed E-state index contributed by atoms with van der Waals surface area (Å²) in [4.78, 5) is 14.0. The van der Waals surface area contributed by atoms with Gasteiger partial charge in [-0.2, -0.15) is 0 Å². The smallest absolute Gasteiger partial charge is 0.244 e. The van der Waals surface area contributed by atoms with Crippen LogP contribution in [-0.4, -0.2) is 31.0 Å². The minimum Gasteiger partial charge on any atom is -0.380 e. The molecule has 0 spiro atoms. The number of ether oxygens (including phenoxy) is 1. The number of para-hydroxylation sites is 1. The highest BCUT2D eigenvalue weighted by Crippen LogP contribution is 2.23. The Kier molecular flexibility index (Phi) is 6.32. The van der Waals surface area contributed by atoms with Crippen LogP contribution in [0.2, 0.25) is 0 Å². The van der Waals surface area contributed by atoms with Gasteiger partial charge in [0.2, 0.25) is 5.91 Å². The van der Waals surface area contributed by atoms with Gasteiger partial charge in [0.15, 0.2) is 0 Å². The van der Waals surface area contributed by atoms with Gasteiger partial charge in [-0.25, -0.2) is 0 Å². The van der Waals surface area contributed by atoms with Crippen molar-refractivity contribution in [1.82, 2.24) is 0 Å². The number of halogens is 1. The first-order valence-electron chi connectivity index (χ1n) is 6.57. The van der Waals surface area contributed by atoms with Crippen LogP contribution in [0.1, 0.15) is 26.3 Å². The van der Waals surface area contributed by atoms with Crippen LogP contribution >= 0.6 is 11.6 Å². The van der Waals surface area contributed by atoms with E-state index in [1.165, 1.54) is 0 Å². The van der Waals surface area contributed by atoms with Crippen molar-refractivity contribution in [1.29, 1.82) is 0 Å². The lowest BCUT2D eigenvalue weighted by molar-refractivity contribution is -0.118. The van der Waals surface area contributed by atoms with E-state index in [0.717, 1.165) is 17.7 Å². The minimum absolute atomic E-state index is 0.0377. The molecular weight excluding hydrogens is 262 g/mol. The molecule has 0 heterocycles. The number of carbonyl (C=O) groups is 1. The third-order valence-corrected chi connectivity index (χ3v) is 3.30. The van der Waals surface area contributed by atoms with Gasteiger partial charge in [-0.15, -0.1) is 11.6 Å². The molecule has 0 aliphatic heterocycles. The van der Waals surface area contributed by atoms with Gasteiger partial charge in [-0.05, 0) is 31.9 Å². The first-order chi connectivity index (χ1) is 9.01. The molecule has 0 N–H and O–H groups in total. The molecule has 1 aromatic rings. The van der Waals surface area contributed by atoms with Gasteiger partial charge in [0.1, 0.15) is 5.38 Å². The van der Waals surface area contributed by atoms with Crippen LogP contribution in [0.3, 0.4) is 0 Å². The SMILES string of the molecule is CCc1ccccc1N(CC(C)OC)C(=O)C(C)Cl. The fourth-order valence-electron chi connectivity index (χ4n) is 1.93. The molecule has 106 valence electrons. The Labute approximate surface area is 120 Å². The number of nitrogens with zero attached hydrogens (tertiary/aromatic N) is 1. The van der Waals surface area contributed by atoms with Gasteiger partial charge in [0, 0.05) is 12.8 Å². The van der Waals surface area contributed by atoms with E-state index in [2.05, 4.69) is 6.92 Å². The number of hydrogen-bond donors (Lipinski definition) is 0. The van der Waals surface area contributed by atoms with Gasteiger partial charge in [-0.1, -0.05) is 25.1 Å². The normalized spacial score (nSPS) is 13.9. The summed E-state index contributed by atoms with van der Waals surface area (Å²) in [5.41, 5.74) is 2.06. The van der Waals surface area contributed by atoms with Crippen molar-refractivity contribution >= 4 is 23.2 Å². The lowest BCUT2D eigenvalue weighted by Gasteiger charge is -2.28. The van der Waals surface area contributed by atoms with Crippen LogP contribution in [0.4, 0.5) is 5.69 Å². The van der Waals surface area contributed by atoms with Gasteiger partial charge in [-0.3, -0.25) is 4.79 Å². The number of alkyl halides is 1. The minimum atomic E-state index is -0.547. The Morgan fingerprint density at radius 1 is 1.37 bits per heavy atom. The molecule has 1 aromatic carbocycles. The zero-order valence-electron chi connectivity index (χ0n) is 12.0. The summed E-state index contributed by atoms with van der Waals surface area (Å²) in [5.74, 6) is -0.0912. The second-order valence-electron chi connectivity index (χ2n) is 4.59. The fourth-order valence-corrected chi connectivity index (χ4v) is 2.04. The van der Waals surface area contributed by atoms with E-state index in [0.29, 0.717) is 6.54 Å². The summed E-state index contributed by atoms with van der Waals surface area (Å²) in [6, 6.07) is 7.91. The summed E-state index contributed by atoms with van der Waals surface area (Å²) in [7, 11) is 1.64. The van der Waals surface area contributed by atoms with Crippen molar-refractivity contribution in [3.05, 3.63) is 29.8 Å². The van der Waals surface area contributed by atoms with E-state index in [9.17, 15) is 4.79 Å². The van der Waals surface area contributed by atoms with Gasteiger partial charge < -0.3 is 9.64 Å². The van der Waals surface area contributed by atoms with Crippen molar-refractivity contribution in [3.8, 4) is 0 Å². The number of aryl methyl sites for hydroxylation is 1. The van der Waals surface area contributed by atoms with Crippen molar-refractivity contribution in [3.63, 3.8) is 0 Å². The first kappa shape index (κ1) is 16.0. The van der Waals surface area contributed by atoms with E-state index in [1.807, 2.05) is 31.2 Å². The molecule has 0 fully saturated rings. The number of methoxy groups -OCH3 is 1. The van der Waals surface area contributed by atoms with Crippen LogP contribution in [0.15, 0.2) is 24.3 Å². The second-order valence-corrected chi connectivity index (χ2v) is 5.25. The van der Waals surface area contributed by atoms with Crippen molar-refractivity contribution < 1.29 is 9.53 Å². The Balaban J connectivity index is 3.11. The van der Waals surface area contributed by atoms with Crippen LogP contribution in [0, 0.1) is 0 Å². The highest BCUT2D eigenvalue weighted by molar-refractivity contribution is 6.32. The van der Waals surface area contributed by atoms with E-state index in [4.69, 9.17) is 16.3 Å². The Hall–Kier alpha value is -1.06. The average molecular weight is 284 g/mol. The summed E-state index contributed by atoms with van der Waals surface area (Å²) >= 11 is 5.96. The molecule has 1 rings (SSSR count). The molecule has 0 aromatic heterocycles. The topological polar surface area (TPSA) is 29.5 Å². The fraction of sp³-hybridized carbons (Fsp3) is 0.533. The van der Waals surface area contributed by atoms with Gasteiger partial charge >= 0.3 is 0 Å². The standard InChI is InChI=1S/C15H22ClNO2/c1-5-13-8-6-7-9-14(13)17(10-11(2)19-4)15(18)12(3)16/h6-9,11-12H,5,10H2,1-4H3. The molecule has 0 bridgehead atoms. The maximum absolute atomic E-state index is 12.3. The van der Waals surface area contributed by atoms with E-state index < -0.39 is 5.38 Å². The highest BCUT2D eigenvalue weighted by Gasteiger charge is 2.23. The third-order valence-electron chi connectivity index (χ3n) is 3.11. The largest absolute Gasteiger partial charge is 0.380 e. The zero-order chi connectivity index (χ0) is 14.4. The maximum atomic E-state index is 12.3. The summed E-state index contributed by atoms with van der Waals surface area (Å²) in [6.07, 6.45) is 0.835. The third kappa shape index (κ3) is 4.22. The summed E-state index contributed by atoms with van der Waals surface area (Å²) in [5, 5.41) is -0.547. The molecule has 0 radical (unpaired) electrons. The number of carbonyl (C=O) groups excluding carboxylic acids is 1. The number of rotatable bonds is 6. The molecule has 2 unspecified atom stereocenters. The second kappa shape index (κ2) is 7.51. The Bertz CT molecular complexity index is 420. The predicted octanol–water partition coefficient (Wildman–Crippen LogP) is 3.24. The Morgan fingerprint density at radius 3 is 2.53 bits per heavy atom. The van der Waals surface area contributed by atoms with Crippen LogP contribution < -0.4 is 4.90 Å². The lowest BCUT2D eigenvalue weighted by Crippen LogP contribution is -2.41. The quantitative estimate of drug-likeness (QED) is 0.750. The first-order valence-corrected chi connectivity index (χ1v) is 7.01. The molecule has 0 aliphatic carbocycles. The molecule has 1 amide bonds. The maximum Gasteiger partial charge on any atom is 0.244 e. The lowest BCUT2D eigenvalue weighted by atomic mass is 10.1. The zero-order valence-corrected chi connectivity index (χ0v) is 12.8. The molecule has 0 aliphatic rings. The molecule has 2 atom stereocenters. The molecule has 3 nitrogen and oxygen atoms in total. The van der Waals surface area contributed by atoms with Gasteiger partial charge in [0.05, 0.1) is 12.6 Å². The molecule has 4 heteroatoms. The van der Waals surface area contributed by atoms with Gasteiger partial charge in [0.25, 0.3) is 0 Å². The number of amides is 1. The van der Waals surface area contributed by atoms with Crippen LogP contribution in [0.5, 0.6) is 0 Å². The van der Waals surface area contributed by atoms with Crippen LogP contribution in [-0.2, 0) is 16.0 Å². The van der Waals surface area contributed by atoms with Crippen molar-refractivity contribution in [2.45, 2.75) is 38.7 Å².